The van der Waals surface area contributed by atoms with E-state index in [-0.39, 0.29) is 0 Å². The van der Waals surface area contributed by atoms with Crippen LogP contribution in [0.15, 0.2) is 47.5 Å². The number of rotatable bonds is 3. The third kappa shape index (κ3) is 2.49. The molecule has 0 unspecified atom stereocenters. The van der Waals surface area contributed by atoms with E-state index in [1.807, 2.05) is 47.1 Å². The van der Waals surface area contributed by atoms with E-state index in [1.165, 1.54) is 0 Å². The first-order valence-electron chi connectivity index (χ1n) is 6.15. The molecule has 0 aliphatic carbocycles. The van der Waals surface area contributed by atoms with Gasteiger partial charge in [0, 0.05) is 10.4 Å². The van der Waals surface area contributed by atoms with Crippen molar-refractivity contribution in [2.24, 2.45) is 0 Å². The van der Waals surface area contributed by atoms with Gasteiger partial charge in [0.15, 0.2) is 0 Å². The van der Waals surface area contributed by atoms with Gasteiger partial charge in [0.2, 0.25) is 0 Å². The molecule has 3 rings (SSSR count). The average Bonchev–Trinajstić information content (AvgIpc) is 2.77. The van der Waals surface area contributed by atoms with Crippen molar-refractivity contribution in [3.05, 3.63) is 53.1 Å². The Labute approximate surface area is 127 Å². The molecule has 0 aliphatic heterocycles. The van der Waals surface area contributed by atoms with Crippen molar-refractivity contribution in [1.29, 1.82) is 0 Å². The van der Waals surface area contributed by atoms with Gasteiger partial charge in [-0.1, -0.05) is 23.7 Å². The largest absolute Gasteiger partial charge is 0.497 e. The van der Waals surface area contributed by atoms with Crippen LogP contribution in [0.5, 0.6) is 5.75 Å². The number of ether oxygens (including phenoxy) is 1. The molecule has 20 heavy (non-hydrogen) atoms. The maximum Gasteiger partial charge on any atom is 0.123 e. The summed E-state index contributed by atoms with van der Waals surface area (Å²) in [5.74, 6) is 0.804. The third-order valence-electron chi connectivity index (χ3n) is 3.18. The quantitative estimate of drug-likeness (QED) is 0.740. The normalized spacial score (nSPS) is 10.9. The number of hydrogen-bond acceptors (Lipinski definition) is 3. The van der Waals surface area contributed by atoms with Gasteiger partial charge in [-0.25, -0.2) is 0 Å². The Hall–Kier alpha value is -1.65. The van der Waals surface area contributed by atoms with Crippen LogP contribution in [0.2, 0.25) is 5.02 Å². The molecule has 0 spiro atoms. The predicted molar refractivity (Wildman–Crippen MR) is 84.1 cm³/mol. The Morgan fingerprint density at radius 2 is 1.95 bits per heavy atom. The van der Waals surface area contributed by atoms with E-state index in [9.17, 15) is 0 Å². The Morgan fingerprint density at radius 1 is 1.20 bits per heavy atom. The van der Waals surface area contributed by atoms with Gasteiger partial charge in [0.1, 0.15) is 10.8 Å². The monoisotopic (exact) mass is 304 g/mol. The van der Waals surface area contributed by atoms with Crippen LogP contribution in [0.3, 0.4) is 0 Å². The fraction of sp³-hybridized carbons (Fsp3) is 0.133. The second-order valence-corrected chi connectivity index (χ2v) is 5.35. The molecule has 0 N–H and O–H groups in total. The maximum atomic E-state index is 5.90. The van der Waals surface area contributed by atoms with Gasteiger partial charge in [0.05, 0.1) is 19.2 Å². The first-order valence-corrected chi connectivity index (χ1v) is 6.98. The fourth-order valence-electron chi connectivity index (χ4n) is 2.15. The predicted octanol–water partition coefficient (Wildman–Crippen LogP) is 4.04. The highest BCUT2D eigenvalue weighted by Crippen LogP contribution is 2.26. The minimum Gasteiger partial charge on any atom is -0.497 e. The lowest BCUT2D eigenvalue weighted by Gasteiger charge is -2.05. The highest BCUT2D eigenvalue weighted by atomic mass is 35.5. The summed E-state index contributed by atoms with van der Waals surface area (Å²) in [6.45, 7) is 0.681. The van der Waals surface area contributed by atoms with E-state index in [2.05, 4.69) is 17.7 Å². The molecule has 1 heterocycles. The summed E-state index contributed by atoms with van der Waals surface area (Å²) in [7, 11) is 1.65. The van der Waals surface area contributed by atoms with Crippen LogP contribution in [-0.4, -0.2) is 16.9 Å². The lowest BCUT2D eigenvalue weighted by Crippen LogP contribution is -2.01. The lowest BCUT2D eigenvalue weighted by atomic mass is 10.2. The number of fused-ring (bicyclic) bond motifs is 1. The molecule has 3 aromatic rings. The van der Waals surface area contributed by atoms with E-state index in [0.717, 1.165) is 27.2 Å². The molecule has 0 bridgehead atoms. The van der Waals surface area contributed by atoms with E-state index in [4.69, 9.17) is 16.3 Å². The molecule has 0 aliphatic rings. The Balaban J connectivity index is 2.01. The number of benzene rings is 2. The van der Waals surface area contributed by atoms with Crippen LogP contribution in [0.25, 0.3) is 10.9 Å². The van der Waals surface area contributed by atoms with Gasteiger partial charge in [-0.05, 0) is 35.9 Å². The van der Waals surface area contributed by atoms with Crippen molar-refractivity contribution in [3.63, 3.8) is 0 Å². The van der Waals surface area contributed by atoms with Crippen LogP contribution in [-0.2, 0) is 6.54 Å². The second kappa shape index (κ2) is 5.38. The first kappa shape index (κ1) is 13.3. The summed E-state index contributed by atoms with van der Waals surface area (Å²) in [6.07, 6.45) is 0. The number of hydrogen-bond donors (Lipinski definition) is 1. The van der Waals surface area contributed by atoms with E-state index < -0.39 is 0 Å². The van der Waals surface area contributed by atoms with Gasteiger partial charge in [-0.15, -0.1) is 12.6 Å². The number of methoxy groups -OCH3 is 1. The molecule has 0 radical (unpaired) electrons. The molecule has 0 saturated carbocycles. The van der Waals surface area contributed by atoms with E-state index in [1.54, 1.807) is 7.11 Å². The first-order chi connectivity index (χ1) is 9.67. The third-order valence-corrected chi connectivity index (χ3v) is 3.77. The van der Waals surface area contributed by atoms with Crippen molar-refractivity contribution >= 4 is 35.1 Å². The van der Waals surface area contributed by atoms with Gasteiger partial charge >= 0.3 is 0 Å². The maximum absolute atomic E-state index is 5.90. The van der Waals surface area contributed by atoms with Gasteiger partial charge in [-0.2, -0.15) is 5.10 Å². The van der Waals surface area contributed by atoms with Gasteiger partial charge in [0.25, 0.3) is 0 Å². The summed E-state index contributed by atoms with van der Waals surface area (Å²) in [6, 6.07) is 13.6. The van der Waals surface area contributed by atoms with Gasteiger partial charge < -0.3 is 4.74 Å². The summed E-state index contributed by atoms with van der Waals surface area (Å²) >= 11 is 10.3. The van der Waals surface area contributed by atoms with Crippen molar-refractivity contribution in [2.75, 3.05) is 7.11 Å². The summed E-state index contributed by atoms with van der Waals surface area (Å²) in [4.78, 5) is 0. The zero-order chi connectivity index (χ0) is 14.1. The van der Waals surface area contributed by atoms with E-state index in [0.29, 0.717) is 11.6 Å². The topological polar surface area (TPSA) is 27.1 Å². The smallest absolute Gasteiger partial charge is 0.123 e. The SMILES string of the molecule is COc1ccc2c(c1)c(S)nn2Cc1ccc(Cl)cc1. The summed E-state index contributed by atoms with van der Waals surface area (Å²) < 4.78 is 7.16. The Morgan fingerprint density at radius 3 is 2.65 bits per heavy atom. The molecule has 5 heteroatoms. The Kier molecular flexibility index (Phi) is 3.59. The van der Waals surface area contributed by atoms with Crippen molar-refractivity contribution in [1.82, 2.24) is 9.78 Å². The average molecular weight is 305 g/mol. The molecule has 0 saturated heterocycles. The van der Waals surface area contributed by atoms with Crippen LogP contribution >= 0.6 is 24.2 Å². The minimum atomic E-state index is 0.681. The number of nitrogens with zero attached hydrogens (tertiary/aromatic N) is 2. The number of halogens is 1. The molecule has 2 aromatic carbocycles. The highest BCUT2D eigenvalue weighted by molar-refractivity contribution is 7.80. The molecule has 3 nitrogen and oxygen atoms in total. The van der Waals surface area contributed by atoms with Gasteiger partial charge in [-0.3, -0.25) is 4.68 Å². The van der Waals surface area contributed by atoms with Crippen molar-refractivity contribution in [3.8, 4) is 5.75 Å². The fourth-order valence-corrected chi connectivity index (χ4v) is 2.56. The standard InChI is InChI=1S/C15H13ClN2OS/c1-19-12-6-7-14-13(8-12)15(20)17-18(14)9-10-2-4-11(16)5-3-10/h2-8H,9H2,1H3,(H,17,20). The Bertz CT molecular complexity index is 752. The molecule has 1 aromatic heterocycles. The molecule has 0 atom stereocenters. The van der Waals surface area contributed by atoms with Crippen molar-refractivity contribution in [2.45, 2.75) is 11.6 Å². The molecular weight excluding hydrogens is 292 g/mol. The number of thiol groups is 1. The molecular formula is C15H13ClN2OS. The summed E-state index contributed by atoms with van der Waals surface area (Å²) in [5.41, 5.74) is 2.17. The van der Waals surface area contributed by atoms with E-state index >= 15 is 0 Å². The van der Waals surface area contributed by atoms with Crippen molar-refractivity contribution < 1.29 is 4.74 Å². The highest BCUT2D eigenvalue weighted by Gasteiger charge is 2.09. The van der Waals surface area contributed by atoms with Crippen LogP contribution in [0.1, 0.15) is 5.56 Å². The van der Waals surface area contributed by atoms with Crippen LogP contribution in [0.4, 0.5) is 0 Å². The number of aromatic nitrogens is 2. The zero-order valence-corrected chi connectivity index (χ0v) is 12.5. The molecule has 0 amide bonds. The minimum absolute atomic E-state index is 0.681. The molecule has 102 valence electrons. The zero-order valence-electron chi connectivity index (χ0n) is 10.9. The lowest BCUT2D eigenvalue weighted by molar-refractivity contribution is 0.415. The van der Waals surface area contributed by atoms with Crippen LogP contribution < -0.4 is 4.74 Å². The second-order valence-electron chi connectivity index (χ2n) is 4.49. The summed E-state index contributed by atoms with van der Waals surface area (Å²) in [5, 5.41) is 6.90. The molecule has 0 fully saturated rings. The van der Waals surface area contributed by atoms with Crippen LogP contribution in [0, 0.1) is 0 Å².